The summed E-state index contributed by atoms with van der Waals surface area (Å²) in [7, 11) is 0. The summed E-state index contributed by atoms with van der Waals surface area (Å²) in [5.41, 5.74) is 6.54. The predicted octanol–water partition coefficient (Wildman–Crippen LogP) is 0.771. The zero-order chi connectivity index (χ0) is 13.7. The summed E-state index contributed by atoms with van der Waals surface area (Å²) in [6.45, 7) is 4.23. The Labute approximate surface area is 113 Å². The summed E-state index contributed by atoms with van der Waals surface area (Å²) in [4.78, 5) is 13.9. The quantitative estimate of drug-likeness (QED) is 0.872. The summed E-state index contributed by atoms with van der Waals surface area (Å²) in [5.74, 6) is 0.668. The van der Waals surface area contributed by atoms with Gasteiger partial charge in [-0.25, -0.2) is 0 Å². The Morgan fingerprint density at radius 1 is 1.53 bits per heavy atom. The van der Waals surface area contributed by atoms with Gasteiger partial charge in [0.1, 0.15) is 5.75 Å². The van der Waals surface area contributed by atoms with E-state index in [-0.39, 0.29) is 18.6 Å². The summed E-state index contributed by atoms with van der Waals surface area (Å²) in [6.07, 6.45) is 0. The van der Waals surface area contributed by atoms with Gasteiger partial charge in [0.2, 0.25) is 0 Å². The SMILES string of the molecule is CC1COCCN1C(=O)COc1ccccc1CN. The van der Waals surface area contributed by atoms with Crippen LogP contribution in [0.15, 0.2) is 24.3 Å². The first-order chi connectivity index (χ1) is 9.22. The molecule has 5 heteroatoms. The zero-order valence-electron chi connectivity index (χ0n) is 11.2. The minimum absolute atomic E-state index is 0.0115. The number of rotatable bonds is 4. The summed E-state index contributed by atoms with van der Waals surface area (Å²) < 4.78 is 10.9. The van der Waals surface area contributed by atoms with Crippen molar-refractivity contribution >= 4 is 5.91 Å². The lowest BCUT2D eigenvalue weighted by Crippen LogP contribution is -2.48. The fourth-order valence-electron chi connectivity index (χ4n) is 2.13. The maximum absolute atomic E-state index is 12.1. The summed E-state index contributed by atoms with van der Waals surface area (Å²) >= 11 is 0. The number of ether oxygens (including phenoxy) is 2. The van der Waals surface area contributed by atoms with E-state index in [9.17, 15) is 4.79 Å². The summed E-state index contributed by atoms with van der Waals surface area (Å²) in [5, 5.41) is 0. The molecular formula is C14H20N2O3. The molecule has 104 valence electrons. The van der Waals surface area contributed by atoms with Gasteiger partial charge in [-0.3, -0.25) is 4.79 Å². The van der Waals surface area contributed by atoms with Gasteiger partial charge in [-0.05, 0) is 13.0 Å². The number of nitrogens with two attached hydrogens (primary N) is 1. The van der Waals surface area contributed by atoms with Crippen LogP contribution < -0.4 is 10.5 Å². The second kappa shape index (κ2) is 6.54. The number of morpholine rings is 1. The maximum atomic E-state index is 12.1. The van der Waals surface area contributed by atoms with Crippen molar-refractivity contribution in [2.75, 3.05) is 26.4 Å². The highest BCUT2D eigenvalue weighted by Gasteiger charge is 2.23. The van der Waals surface area contributed by atoms with Crippen molar-refractivity contribution in [1.82, 2.24) is 4.90 Å². The first-order valence-corrected chi connectivity index (χ1v) is 6.50. The van der Waals surface area contributed by atoms with Crippen LogP contribution in [0.3, 0.4) is 0 Å². The molecule has 1 aliphatic rings. The minimum Gasteiger partial charge on any atom is -0.483 e. The van der Waals surface area contributed by atoms with E-state index in [1.165, 1.54) is 0 Å². The number of carbonyl (C=O) groups excluding carboxylic acids is 1. The molecule has 0 aromatic heterocycles. The molecule has 1 heterocycles. The monoisotopic (exact) mass is 264 g/mol. The molecule has 2 N–H and O–H groups in total. The van der Waals surface area contributed by atoms with E-state index in [0.717, 1.165) is 5.56 Å². The minimum atomic E-state index is -0.0115. The lowest BCUT2D eigenvalue weighted by molar-refractivity contribution is -0.141. The van der Waals surface area contributed by atoms with Gasteiger partial charge in [0, 0.05) is 18.7 Å². The third kappa shape index (κ3) is 3.45. The smallest absolute Gasteiger partial charge is 0.260 e. The van der Waals surface area contributed by atoms with Crippen LogP contribution in [0.1, 0.15) is 12.5 Å². The molecule has 0 saturated carbocycles. The van der Waals surface area contributed by atoms with Crippen molar-refractivity contribution in [3.63, 3.8) is 0 Å². The number of hydrogen-bond acceptors (Lipinski definition) is 4. The first-order valence-electron chi connectivity index (χ1n) is 6.50. The molecule has 1 aliphatic heterocycles. The van der Waals surface area contributed by atoms with E-state index in [4.69, 9.17) is 15.2 Å². The van der Waals surface area contributed by atoms with Gasteiger partial charge in [0.25, 0.3) is 5.91 Å². The van der Waals surface area contributed by atoms with Gasteiger partial charge in [-0.1, -0.05) is 18.2 Å². The summed E-state index contributed by atoms with van der Waals surface area (Å²) in [6, 6.07) is 7.61. The number of para-hydroxylation sites is 1. The molecule has 1 aromatic carbocycles. The molecule has 0 radical (unpaired) electrons. The highest BCUT2D eigenvalue weighted by molar-refractivity contribution is 5.78. The van der Waals surface area contributed by atoms with E-state index in [1.54, 1.807) is 4.90 Å². The molecule has 0 aliphatic carbocycles. The van der Waals surface area contributed by atoms with E-state index in [0.29, 0.717) is 32.1 Å². The van der Waals surface area contributed by atoms with Crippen molar-refractivity contribution in [2.24, 2.45) is 5.73 Å². The van der Waals surface area contributed by atoms with Crippen LogP contribution in [-0.4, -0.2) is 43.2 Å². The van der Waals surface area contributed by atoms with Crippen molar-refractivity contribution in [1.29, 1.82) is 0 Å². The Hall–Kier alpha value is -1.59. The van der Waals surface area contributed by atoms with Crippen LogP contribution in [0.2, 0.25) is 0 Å². The molecule has 0 bridgehead atoms. The molecule has 1 unspecified atom stereocenters. The van der Waals surface area contributed by atoms with Gasteiger partial charge < -0.3 is 20.1 Å². The third-order valence-corrected chi connectivity index (χ3v) is 3.23. The Morgan fingerprint density at radius 3 is 3.05 bits per heavy atom. The lowest BCUT2D eigenvalue weighted by atomic mass is 10.2. The van der Waals surface area contributed by atoms with E-state index in [1.807, 2.05) is 31.2 Å². The Kier molecular flexibility index (Phi) is 4.76. The average molecular weight is 264 g/mol. The van der Waals surface area contributed by atoms with E-state index < -0.39 is 0 Å². The number of amides is 1. The van der Waals surface area contributed by atoms with E-state index in [2.05, 4.69) is 0 Å². The second-order valence-electron chi connectivity index (χ2n) is 4.61. The molecule has 2 rings (SSSR count). The predicted molar refractivity (Wildman–Crippen MR) is 71.8 cm³/mol. The molecular weight excluding hydrogens is 244 g/mol. The second-order valence-corrected chi connectivity index (χ2v) is 4.61. The number of hydrogen-bond donors (Lipinski definition) is 1. The fraction of sp³-hybridized carbons (Fsp3) is 0.500. The molecule has 1 aromatic rings. The third-order valence-electron chi connectivity index (χ3n) is 3.23. The number of benzene rings is 1. The highest BCUT2D eigenvalue weighted by atomic mass is 16.5. The van der Waals surface area contributed by atoms with Crippen molar-refractivity contribution < 1.29 is 14.3 Å². The van der Waals surface area contributed by atoms with Crippen LogP contribution in [0.4, 0.5) is 0 Å². The zero-order valence-corrected chi connectivity index (χ0v) is 11.2. The Balaban J connectivity index is 1.92. The molecule has 1 amide bonds. The lowest BCUT2D eigenvalue weighted by Gasteiger charge is -2.33. The van der Waals surface area contributed by atoms with Crippen LogP contribution in [0, 0.1) is 0 Å². The van der Waals surface area contributed by atoms with Crippen molar-refractivity contribution in [2.45, 2.75) is 19.5 Å². The molecule has 1 saturated heterocycles. The van der Waals surface area contributed by atoms with Gasteiger partial charge in [0.15, 0.2) is 6.61 Å². The maximum Gasteiger partial charge on any atom is 0.260 e. The molecule has 19 heavy (non-hydrogen) atoms. The first kappa shape index (κ1) is 13.8. The normalized spacial score (nSPS) is 19.3. The van der Waals surface area contributed by atoms with E-state index >= 15 is 0 Å². The topological polar surface area (TPSA) is 64.8 Å². The van der Waals surface area contributed by atoms with Crippen LogP contribution in [0.25, 0.3) is 0 Å². The molecule has 5 nitrogen and oxygen atoms in total. The molecule has 1 fully saturated rings. The van der Waals surface area contributed by atoms with Gasteiger partial charge in [-0.2, -0.15) is 0 Å². The van der Waals surface area contributed by atoms with Crippen LogP contribution >= 0.6 is 0 Å². The largest absolute Gasteiger partial charge is 0.483 e. The number of carbonyl (C=O) groups is 1. The number of nitrogens with zero attached hydrogens (tertiary/aromatic N) is 1. The van der Waals surface area contributed by atoms with Gasteiger partial charge in [0.05, 0.1) is 19.3 Å². The van der Waals surface area contributed by atoms with Crippen molar-refractivity contribution in [3.8, 4) is 5.75 Å². The van der Waals surface area contributed by atoms with Crippen molar-refractivity contribution in [3.05, 3.63) is 29.8 Å². The fourth-order valence-corrected chi connectivity index (χ4v) is 2.13. The standard InChI is InChI=1S/C14H20N2O3/c1-11-9-18-7-6-16(11)14(17)10-19-13-5-3-2-4-12(13)8-15/h2-5,11H,6-10,15H2,1H3. The van der Waals surface area contributed by atoms with Gasteiger partial charge in [-0.15, -0.1) is 0 Å². The van der Waals surface area contributed by atoms with Gasteiger partial charge >= 0.3 is 0 Å². The Bertz CT molecular complexity index is 436. The average Bonchev–Trinajstić information content (AvgIpc) is 2.45. The highest BCUT2D eigenvalue weighted by Crippen LogP contribution is 2.17. The molecule has 1 atom stereocenters. The molecule has 0 spiro atoms. The Morgan fingerprint density at radius 2 is 2.32 bits per heavy atom. The van der Waals surface area contributed by atoms with Crippen LogP contribution in [-0.2, 0) is 16.1 Å². The van der Waals surface area contributed by atoms with Crippen LogP contribution in [0.5, 0.6) is 5.75 Å².